The number of carbonyl (C=O) groups is 1. The van der Waals surface area contributed by atoms with E-state index in [0.29, 0.717) is 42.1 Å². The van der Waals surface area contributed by atoms with Crippen molar-refractivity contribution in [1.29, 1.82) is 0 Å². The molecule has 0 amide bonds. The van der Waals surface area contributed by atoms with E-state index in [2.05, 4.69) is 6.07 Å². The van der Waals surface area contributed by atoms with Crippen molar-refractivity contribution in [3.05, 3.63) is 93.3 Å². The first-order valence-electron chi connectivity index (χ1n) is 12.4. The summed E-state index contributed by atoms with van der Waals surface area (Å²) in [7, 11) is 2.79. The molecule has 8 nitrogen and oxygen atoms in total. The first-order valence-corrected chi connectivity index (χ1v) is 12.4. The van der Waals surface area contributed by atoms with Crippen molar-refractivity contribution < 1.29 is 33.3 Å². The summed E-state index contributed by atoms with van der Waals surface area (Å²) in [4.78, 5) is 25.6. The van der Waals surface area contributed by atoms with Gasteiger partial charge in [-0.3, -0.25) is 4.79 Å². The molecule has 0 fully saturated rings. The first kappa shape index (κ1) is 25.2. The minimum Gasteiger partial charge on any atom is -0.507 e. The van der Waals surface area contributed by atoms with Gasteiger partial charge in [-0.1, -0.05) is 36.4 Å². The third-order valence-electron chi connectivity index (χ3n) is 6.76. The SMILES string of the molecule is COC(=O)CC(c1cccc(OC)c1OCCc1ccc2c(c1)CCO2)c1c(O)c2ccccc2oc1=O. The Morgan fingerprint density at radius 1 is 1.08 bits per heavy atom. The molecule has 1 unspecified atom stereocenters. The molecule has 1 atom stereocenters. The van der Waals surface area contributed by atoms with Crippen LogP contribution in [-0.2, 0) is 22.4 Å². The molecule has 0 radical (unpaired) electrons. The Bertz CT molecular complexity index is 1540. The van der Waals surface area contributed by atoms with E-state index >= 15 is 0 Å². The van der Waals surface area contributed by atoms with Crippen LogP contribution >= 0.6 is 0 Å². The van der Waals surface area contributed by atoms with Gasteiger partial charge in [0.25, 0.3) is 0 Å². The van der Waals surface area contributed by atoms with Gasteiger partial charge in [-0.05, 0) is 35.4 Å². The van der Waals surface area contributed by atoms with Crippen molar-refractivity contribution in [1.82, 2.24) is 0 Å². The Labute approximate surface area is 219 Å². The summed E-state index contributed by atoms with van der Waals surface area (Å²) in [5.41, 5.74) is 2.23. The third kappa shape index (κ3) is 4.89. The van der Waals surface area contributed by atoms with Gasteiger partial charge >= 0.3 is 11.6 Å². The highest BCUT2D eigenvalue weighted by Crippen LogP contribution is 2.43. The summed E-state index contributed by atoms with van der Waals surface area (Å²) in [5.74, 6) is 0.00706. The van der Waals surface area contributed by atoms with Crippen molar-refractivity contribution in [3.8, 4) is 23.0 Å². The van der Waals surface area contributed by atoms with Gasteiger partial charge in [0, 0.05) is 24.3 Å². The standard InChI is InChI=1S/C30H28O8/c1-34-25-9-5-7-20(29(25)37-14-12-18-10-11-23-19(16-18)13-15-36-23)22(17-26(31)35-2)27-28(32)21-6-3-4-8-24(21)38-30(27)33/h3-11,16,22,32H,12-15,17H2,1-2H3. The van der Waals surface area contributed by atoms with Gasteiger partial charge in [-0.25, -0.2) is 4.79 Å². The van der Waals surface area contributed by atoms with Crippen molar-refractivity contribution in [3.63, 3.8) is 0 Å². The van der Waals surface area contributed by atoms with Crippen molar-refractivity contribution in [2.24, 2.45) is 0 Å². The second-order valence-corrected chi connectivity index (χ2v) is 9.00. The number of aromatic hydroxyl groups is 1. The van der Waals surface area contributed by atoms with E-state index in [1.807, 2.05) is 12.1 Å². The zero-order valence-corrected chi connectivity index (χ0v) is 21.2. The summed E-state index contributed by atoms with van der Waals surface area (Å²) in [6.07, 6.45) is 1.28. The second kappa shape index (κ2) is 10.9. The highest BCUT2D eigenvalue weighted by molar-refractivity contribution is 5.85. The van der Waals surface area contributed by atoms with Crippen LogP contribution in [0, 0.1) is 0 Å². The molecular formula is C30H28O8. The average molecular weight is 517 g/mol. The van der Waals surface area contributed by atoms with E-state index in [4.69, 9.17) is 23.4 Å². The zero-order valence-electron chi connectivity index (χ0n) is 21.2. The molecule has 0 saturated heterocycles. The normalized spacial score (nSPS) is 13.0. The molecule has 0 saturated carbocycles. The van der Waals surface area contributed by atoms with Crippen LogP contribution in [0.4, 0.5) is 0 Å². The van der Waals surface area contributed by atoms with Gasteiger partial charge in [0.05, 0.1) is 44.8 Å². The smallest absolute Gasteiger partial charge is 0.343 e. The number of hydrogen-bond acceptors (Lipinski definition) is 8. The lowest BCUT2D eigenvalue weighted by molar-refractivity contribution is -0.140. The predicted octanol–water partition coefficient (Wildman–Crippen LogP) is 4.76. The number of fused-ring (bicyclic) bond motifs is 2. The van der Waals surface area contributed by atoms with Gasteiger partial charge < -0.3 is 28.5 Å². The van der Waals surface area contributed by atoms with Crippen molar-refractivity contribution in [2.45, 2.75) is 25.2 Å². The van der Waals surface area contributed by atoms with E-state index in [9.17, 15) is 14.7 Å². The maximum absolute atomic E-state index is 13.1. The topological polar surface area (TPSA) is 104 Å². The highest BCUT2D eigenvalue weighted by Gasteiger charge is 2.31. The molecule has 3 aromatic carbocycles. The summed E-state index contributed by atoms with van der Waals surface area (Å²) < 4.78 is 27.9. The van der Waals surface area contributed by atoms with E-state index in [0.717, 1.165) is 17.7 Å². The van der Waals surface area contributed by atoms with E-state index in [1.54, 1.807) is 42.5 Å². The van der Waals surface area contributed by atoms with Crippen molar-refractivity contribution >= 4 is 16.9 Å². The fourth-order valence-electron chi connectivity index (χ4n) is 4.86. The van der Waals surface area contributed by atoms with Gasteiger partial charge in [-0.15, -0.1) is 0 Å². The predicted molar refractivity (Wildman–Crippen MR) is 140 cm³/mol. The number of rotatable bonds is 9. The Morgan fingerprint density at radius 2 is 1.92 bits per heavy atom. The molecule has 0 spiro atoms. The number of methoxy groups -OCH3 is 2. The number of carbonyl (C=O) groups excluding carboxylic acids is 1. The molecule has 0 bridgehead atoms. The Balaban J connectivity index is 1.53. The monoisotopic (exact) mass is 516 g/mol. The molecule has 4 aromatic rings. The Morgan fingerprint density at radius 3 is 2.74 bits per heavy atom. The van der Waals surface area contributed by atoms with Crippen molar-refractivity contribution in [2.75, 3.05) is 27.4 Å². The summed E-state index contributed by atoms with van der Waals surface area (Å²) in [5, 5.41) is 11.5. The third-order valence-corrected chi connectivity index (χ3v) is 6.76. The summed E-state index contributed by atoms with van der Waals surface area (Å²) >= 11 is 0. The maximum Gasteiger partial charge on any atom is 0.343 e. The Hall–Kier alpha value is -4.46. The van der Waals surface area contributed by atoms with Crippen LogP contribution in [0.5, 0.6) is 23.0 Å². The molecule has 1 aliphatic heterocycles. The number of esters is 1. The Kier molecular flexibility index (Phi) is 7.22. The number of para-hydroxylation sites is 2. The minimum absolute atomic E-state index is 0.0502. The molecular weight excluding hydrogens is 488 g/mol. The van der Waals surface area contributed by atoms with Crippen LogP contribution in [0.3, 0.4) is 0 Å². The fourth-order valence-corrected chi connectivity index (χ4v) is 4.86. The van der Waals surface area contributed by atoms with Gasteiger partial charge in [0.2, 0.25) is 0 Å². The van der Waals surface area contributed by atoms with E-state index < -0.39 is 17.5 Å². The largest absolute Gasteiger partial charge is 0.507 e. The van der Waals surface area contributed by atoms with E-state index in [1.165, 1.54) is 19.8 Å². The summed E-state index contributed by atoms with van der Waals surface area (Å²) in [6.45, 7) is 1.01. The van der Waals surface area contributed by atoms with E-state index in [-0.39, 0.29) is 23.3 Å². The molecule has 38 heavy (non-hydrogen) atoms. The lowest BCUT2D eigenvalue weighted by Gasteiger charge is -2.22. The minimum atomic E-state index is -0.912. The zero-order chi connectivity index (χ0) is 26.6. The molecule has 5 rings (SSSR count). The average Bonchev–Trinajstić information content (AvgIpc) is 3.40. The highest BCUT2D eigenvalue weighted by atomic mass is 16.5. The molecule has 2 heterocycles. The van der Waals surface area contributed by atoms with Crippen LogP contribution in [0.2, 0.25) is 0 Å². The van der Waals surface area contributed by atoms with Crippen LogP contribution in [0.1, 0.15) is 34.6 Å². The molecule has 0 aliphatic carbocycles. The lowest BCUT2D eigenvalue weighted by atomic mass is 9.87. The molecule has 1 N–H and O–H groups in total. The quantitative estimate of drug-likeness (QED) is 0.251. The van der Waals surface area contributed by atoms with Crippen LogP contribution in [0.15, 0.2) is 69.9 Å². The molecule has 1 aromatic heterocycles. The number of hydrogen-bond donors (Lipinski definition) is 1. The fraction of sp³-hybridized carbons (Fsp3) is 0.267. The second-order valence-electron chi connectivity index (χ2n) is 9.00. The maximum atomic E-state index is 13.1. The molecule has 8 heteroatoms. The lowest BCUT2D eigenvalue weighted by Crippen LogP contribution is -2.19. The number of ether oxygens (including phenoxy) is 4. The van der Waals surface area contributed by atoms with Crippen LogP contribution in [0.25, 0.3) is 11.0 Å². The van der Waals surface area contributed by atoms with Gasteiger partial charge in [0.15, 0.2) is 11.5 Å². The van der Waals surface area contributed by atoms with Crippen LogP contribution < -0.4 is 19.8 Å². The van der Waals surface area contributed by atoms with Gasteiger partial charge in [0.1, 0.15) is 17.1 Å². The molecule has 1 aliphatic rings. The van der Waals surface area contributed by atoms with Crippen LogP contribution in [-0.4, -0.2) is 38.5 Å². The first-order chi connectivity index (χ1) is 18.5. The molecule has 196 valence electrons. The summed E-state index contributed by atoms with van der Waals surface area (Å²) in [6, 6.07) is 18.0. The number of benzene rings is 3. The van der Waals surface area contributed by atoms with Gasteiger partial charge in [-0.2, -0.15) is 0 Å².